The number of rotatable bonds is 7. The number of benzene rings is 2. The number of hydrogen-bond acceptors (Lipinski definition) is 3. The first-order valence-electron chi connectivity index (χ1n) is 8.49. The van der Waals surface area contributed by atoms with Crippen molar-refractivity contribution in [2.45, 2.75) is 20.0 Å². The van der Waals surface area contributed by atoms with Gasteiger partial charge in [0.25, 0.3) is 5.91 Å². The summed E-state index contributed by atoms with van der Waals surface area (Å²) in [5.74, 6) is -0.600. The molecule has 0 aliphatic rings. The maximum atomic E-state index is 12.5. The van der Waals surface area contributed by atoms with E-state index in [-0.39, 0.29) is 17.5 Å². The van der Waals surface area contributed by atoms with Gasteiger partial charge in [0, 0.05) is 20.0 Å². The Kier molecular flexibility index (Phi) is 7.12. The molecule has 0 atom stereocenters. The van der Waals surface area contributed by atoms with Crippen LogP contribution in [0.3, 0.4) is 0 Å². The lowest BCUT2D eigenvalue weighted by atomic mass is 10.1. The molecule has 5 nitrogen and oxygen atoms in total. The molecule has 2 aromatic rings. The van der Waals surface area contributed by atoms with E-state index in [1.54, 1.807) is 6.08 Å². The smallest absolute Gasteiger partial charge is 0.268 e. The summed E-state index contributed by atoms with van der Waals surface area (Å²) in [5, 5.41) is 5.45. The zero-order valence-corrected chi connectivity index (χ0v) is 15.5. The van der Waals surface area contributed by atoms with E-state index in [1.807, 2.05) is 56.6 Å². The van der Waals surface area contributed by atoms with Crippen molar-refractivity contribution in [3.63, 3.8) is 0 Å². The minimum atomic E-state index is -0.318. The van der Waals surface area contributed by atoms with Crippen molar-refractivity contribution in [3.05, 3.63) is 77.0 Å². The number of nitrogens with one attached hydrogen (secondary N) is 2. The molecule has 0 aliphatic carbocycles. The summed E-state index contributed by atoms with van der Waals surface area (Å²) in [6, 6.07) is 17.5. The molecule has 26 heavy (non-hydrogen) atoms. The van der Waals surface area contributed by atoms with Crippen LogP contribution in [0.25, 0.3) is 6.08 Å². The first kappa shape index (κ1) is 19.4. The lowest BCUT2D eigenvalue weighted by Crippen LogP contribution is -2.33. The molecule has 0 saturated carbocycles. The summed E-state index contributed by atoms with van der Waals surface area (Å²) in [6.07, 6.45) is 1.66. The van der Waals surface area contributed by atoms with Crippen LogP contribution >= 0.6 is 0 Å². The van der Waals surface area contributed by atoms with Crippen molar-refractivity contribution < 1.29 is 9.59 Å². The van der Waals surface area contributed by atoms with Gasteiger partial charge in [-0.25, -0.2) is 0 Å². The van der Waals surface area contributed by atoms with Crippen LogP contribution in [0.4, 0.5) is 0 Å². The molecule has 0 aliphatic heterocycles. The number of carbonyl (C=O) groups is 2. The maximum Gasteiger partial charge on any atom is 0.268 e. The van der Waals surface area contributed by atoms with Crippen molar-refractivity contribution >= 4 is 17.9 Å². The zero-order valence-electron chi connectivity index (χ0n) is 15.5. The molecule has 0 fully saturated rings. The van der Waals surface area contributed by atoms with Crippen molar-refractivity contribution in [1.29, 1.82) is 0 Å². The minimum Gasteiger partial charge on any atom is -0.347 e. The summed E-state index contributed by atoms with van der Waals surface area (Å²) in [5.41, 5.74) is 3.29. The van der Waals surface area contributed by atoms with E-state index in [9.17, 15) is 9.59 Å². The second-order valence-electron chi connectivity index (χ2n) is 6.39. The van der Waals surface area contributed by atoms with Gasteiger partial charge in [-0.2, -0.15) is 0 Å². The predicted octanol–water partition coefficient (Wildman–Crippen LogP) is 2.54. The molecule has 0 heterocycles. The molecule has 2 aromatic carbocycles. The number of nitrogens with zero attached hydrogens (tertiary/aromatic N) is 1. The summed E-state index contributed by atoms with van der Waals surface area (Å²) >= 11 is 0. The fourth-order valence-corrected chi connectivity index (χ4v) is 2.47. The van der Waals surface area contributed by atoms with Gasteiger partial charge < -0.3 is 15.5 Å². The molecular weight excluding hydrogens is 326 g/mol. The van der Waals surface area contributed by atoms with E-state index in [0.29, 0.717) is 6.54 Å². The molecule has 0 unspecified atom stereocenters. The topological polar surface area (TPSA) is 61.4 Å². The predicted molar refractivity (Wildman–Crippen MR) is 104 cm³/mol. The van der Waals surface area contributed by atoms with Gasteiger partial charge in [0.05, 0.1) is 0 Å². The molecule has 5 heteroatoms. The van der Waals surface area contributed by atoms with Crippen molar-refractivity contribution in [2.24, 2.45) is 0 Å². The average Bonchev–Trinajstić information content (AvgIpc) is 2.60. The first-order chi connectivity index (χ1) is 12.4. The molecule has 2 amide bonds. The normalized spacial score (nSPS) is 11.3. The van der Waals surface area contributed by atoms with Gasteiger partial charge in [0.15, 0.2) is 0 Å². The Balaban J connectivity index is 2.03. The molecule has 0 saturated heterocycles. The van der Waals surface area contributed by atoms with Crippen LogP contribution in [0.1, 0.15) is 23.6 Å². The highest BCUT2D eigenvalue weighted by Crippen LogP contribution is 2.08. The van der Waals surface area contributed by atoms with Crippen LogP contribution in [0.2, 0.25) is 0 Å². The second kappa shape index (κ2) is 9.53. The highest BCUT2D eigenvalue weighted by molar-refractivity contribution is 6.00. The Bertz CT molecular complexity index is 766. The quantitative estimate of drug-likeness (QED) is 0.754. The summed E-state index contributed by atoms with van der Waals surface area (Å²) in [6.45, 7) is 2.65. The lowest BCUT2D eigenvalue weighted by Gasteiger charge is -2.12. The van der Waals surface area contributed by atoms with Gasteiger partial charge in [-0.1, -0.05) is 54.6 Å². The zero-order chi connectivity index (χ0) is 18.9. The van der Waals surface area contributed by atoms with Crippen LogP contribution < -0.4 is 10.6 Å². The summed E-state index contributed by atoms with van der Waals surface area (Å²) in [7, 11) is 4.05. The molecule has 0 bridgehead atoms. The standard InChI is InChI=1S/C21H25N3O2/c1-16(25)23-20(13-17-7-5-4-6-8-17)21(26)22-14-18-9-11-19(12-10-18)15-24(2)3/h4-13H,14-15H2,1-3H3,(H,22,26)(H,23,25)/b20-13-. The average molecular weight is 351 g/mol. The molecule has 2 N–H and O–H groups in total. The van der Waals surface area contributed by atoms with Gasteiger partial charge >= 0.3 is 0 Å². The monoisotopic (exact) mass is 351 g/mol. The van der Waals surface area contributed by atoms with Gasteiger partial charge in [-0.15, -0.1) is 0 Å². The van der Waals surface area contributed by atoms with Crippen molar-refractivity contribution in [1.82, 2.24) is 15.5 Å². The van der Waals surface area contributed by atoms with Crippen LogP contribution in [-0.2, 0) is 22.7 Å². The number of hydrogen-bond donors (Lipinski definition) is 2. The van der Waals surface area contributed by atoms with E-state index in [4.69, 9.17) is 0 Å². The Labute approximate surface area is 154 Å². The van der Waals surface area contributed by atoms with Crippen molar-refractivity contribution in [2.75, 3.05) is 14.1 Å². The SMILES string of the molecule is CC(=O)N/C(=C\c1ccccc1)C(=O)NCc1ccc(CN(C)C)cc1. The molecule has 0 radical (unpaired) electrons. The number of amides is 2. The van der Waals surface area contributed by atoms with E-state index < -0.39 is 0 Å². The van der Waals surface area contributed by atoms with Gasteiger partial charge in [0.2, 0.25) is 5.91 Å². The summed E-state index contributed by atoms with van der Waals surface area (Å²) in [4.78, 5) is 26.0. The molecule has 0 spiro atoms. The maximum absolute atomic E-state index is 12.5. The third kappa shape index (κ3) is 6.53. The van der Waals surface area contributed by atoms with Crippen LogP contribution in [0.15, 0.2) is 60.3 Å². The Hall–Kier alpha value is -2.92. The van der Waals surface area contributed by atoms with E-state index in [0.717, 1.165) is 17.7 Å². The Morgan fingerprint density at radius 1 is 0.962 bits per heavy atom. The van der Waals surface area contributed by atoms with E-state index in [2.05, 4.69) is 27.7 Å². The van der Waals surface area contributed by atoms with Crippen molar-refractivity contribution in [3.8, 4) is 0 Å². The lowest BCUT2D eigenvalue weighted by molar-refractivity contribution is -0.122. The van der Waals surface area contributed by atoms with Gasteiger partial charge in [-0.3, -0.25) is 9.59 Å². The van der Waals surface area contributed by atoms with Crippen LogP contribution in [-0.4, -0.2) is 30.8 Å². The largest absolute Gasteiger partial charge is 0.347 e. The molecule has 0 aromatic heterocycles. The van der Waals surface area contributed by atoms with E-state index >= 15 is 0 Å². The first-order valence-corrected chi connectivity index (χ1v) is 8.49. The van der Waals surface area contributed by atoms with Gasteiger partial charge in [-0.05, 0) is 36.9 Å². The molecule has 2 rings (SSSR count). The molecule has 136 valence electrons. The summed E-state index contributed by atoms with van der Waals surface area (Å²) < 4.78 is 0. The van der Waals surface area contributed by atoms with Crippen LogP contribution in [0.5, 0.6) is 0 Å². The number of carbonyl (C=O) groups excluding carboxylic acids is 2. The third-order valence-electron chi connectivity index (χ3n) is 3.64. The minimum absolute atomic E-state index is 0.230. The van der Waals surface area contributed by atoms with Gasteiger partial charge in [0.1, 0.15) is 5.70 Å². The fourth-order valence-electron chi connectivity index (χ4n) is 2.47. The Morgan fingerprint density at radius 2 is 1.58 bits per heavy atom. The van der Waals surface area contributed by atoms with Crippen LogP contribution in [0, 0.1) is 0 Å². The third-order valence-corrected chi connectivity index (χ3v) is 3.64. The molecular formula is C21H25N3O2. The van der Waals surface area contributed by atoms with E-state index in [1.165, 1.54) is 12.5 Å². The Morgan fingerprint density at radius 3 is 2.15 bits per heavy atom. The fraction of sp³-hybridized carbons (Fsp3) is 0.238. The highest BCUT2D eigenvalue weighted by atomic mass is 16.2. The second-order valence-corrected chi connectivity index (χ2v) is 6.39. The highest BCUT2D eigenvalue weighted by Gasteiger charge is 2.11.